The number of hydrogen-bond donors (Lipinski definition) is 0. The molecular formula is C19H28N2O7Si. The molecule has 0 aliphatic carbocycles. The van der Waals surface area contributed by atoms with Crippen LogP contribution in [-0.4, -0.2) is 53.3 Å². The molecule has 160 valence electrons. The van der Waals surface area contributed by atoms with Crippen molar-refractivity contribution in [1.29, 1.82) is 0 Å². The number of ether oxygens (including phenoxy) is 2. The van der Waals surface area contributed by atoms with Crippen LogP contribution in [0.4, 0.5) is 5.69 Å². The van der Waals surface area contributed by atoms with Gasteiger partial charge in [-0.05, 0) is 31.5 Å². The summed E-state index contributed by atoms with van der Waals surface area (Å²) >= 11 is 0. The highest BCUT2D eigenvalue weighted by atomic mass is 28.4. The maximum Gasteiger partial charge on any atom is 0.500 e. The van der Waals surface area contributed by atoms with Crippen LogP contribution in [-0.2, 0) is 13.3 Å². The molecule has 1 aromatic heterocycles. The SMILES string of the molecule is COc1cc(C(C)n2cccc2)c([N+](=O)[O-])cc1OCCC[Si](OC)(OC)OC. The van der Waals surface area contributed by atoms with Gasteiger partial charge in [0.2, 0.25) is 0 Å². The van der Waals surface area contributed by atoms with Gasteiger partial charge in [0.05, 0.1) is 36.3 Å². The predicted molar refractivity (Wildman–Crippen MR) is 110 cm³/mol. The third-order valence-electron chi connectivity index (χ3n) is 4.85. The lowest BCUT2D eigenvalue weighted by atomic mass is 10.0. The Labute approximate surface area is 171 Å². The van der Waals surface area contributed by atoms with Gasteiger partial charge in [0, 0.05) is 39.8 Å². The normalized spacial score (nSPS) is 12.6. The number of methoxy groups -OCH3 is 1. The average Bonchev–Trinajstić information content (AvgIpc) is 3.28. The molecule has 10 heteroatoms. The van der Waals surface area contributed by atoms with Crippen LogP contribution in [0.3, 0.4) is 0 Å². The number of benzene rings is 1. The molecular weight excluding hydrogens is 396 g/mol. The summed E-state index contributed by atoms with van der Waals surface area (Å²) in [6.07, 6.45) is 4.33. The van der Waals surface area contributed by atoms with Crippen molar-refractivity contribution in [3.05, 3.63) is 52.3 Å². The van der Waals surface area contributed by atoms with Gasteiger partial charge in [-0.15, -0.1) is 0 Å². The first kappa shape index (κ1) is 22.9. The Bertz CT molecular complexity index is 786. The van der Waals surface area contributed by atoms with Crippen molar-refractivity contribution >= 4 is 14.5 Å². The lowest BCUT2D eigenvalue weighted by Crippen LogP contribution is -2.42. The average molecular weight is 425 g/mol. The van der Waals surface area contributed by atoms with Crippen LogP contribution in [0, 0.1) is 10.1 Å². The van der Waals surface area contributed by atoms with Crippen molar-refractivity contribution in [3.63, 3.8) is 0 Å². The minimum Gasteiger partial charge on any atom is -0.493 e. The van der Waals surface area contributed by atoms with Gasteiger partial charge in [0.25, 0.3) is 5.69 Å². The van der Waals surface area contributed by atoms with Crippen LogP contribution < -0.4 is 9.47 Å². The van der Waals surface area contributed by atoms with Gasteiger partial charge in [0.1, 0.15) is 0 Å². The van der Waals surface area contributed by atoms with E-state index in [0.717, 1.165) is 0 Å². The van der Waals surface area contributed by atoms with E-state index in [9.17, 15) is 10.1 Å². The molecule has 0 N–H and O–H groups in total. The number of hydrogen-bond acceptors (Lipinski definition) is 7. The molecule has 2 rings (SSSR count). The summed E-state index contributed by atoms with van der Waals surface area (Å²) in [5, 5.41) is 11.7. The van der Waals surface area contributed by atoms with E-state index in [0.29, 0.717) is 36.1 Å². The molecule has 1 aromatic carbocycles. The Morgan fingerprint density at radius 3 is 2.21 bits per heavy atom. The maximum absolute atomic E-state index is 11.7. The van der Waals surface area contributed by atoms with E-state index in [1.54, 1.807) is 27.4 Å². The van der Waals surface area contributed by atoms with Crippen LogP contribution in [0.5, 0.6) is 11.5 Å². The third-order valence-corrected chi connectivity index (χ3v) is 7.68. The molecule has 1 atom stereocenters. The van der Waals surface area contributed by atoms with E-state index in [4.69, 9.17) is 22.8 Å². The zero-order valence-electron chi connectivity index (χ0n) is 17.4. The summed E-state index contributed by atoms with van der Waals surface area (Å²) in [4.78, 5) is 11.3. The van der Waals surface area contributed by atoms with Crippen LogP contribution >= 0.6 is 0 Å². The first-order valence-electron chi connectivity index (χ1n) is 9.18. The first-order chi connectivity index (χ1) is 13.9. The highest BCUT2D eigenvalue weighted by Gasteiger charge is 2.37. The zero-order chi connectivity index (χ0) is 21.4. The summed E-state index contributed by atoms with van der Waals surface area (Å²) in [7, 11) is 3.49. The van der Waals surface area contributed by atoms with E-state index < -0.39 is 13.7 Å². The Hall–Kier alpha value is -2.40. The monoisotopic (exact) mass is 424 g/mol. The van der Waals surface area contributed by atoms with Crippen molar-refractivity contribution in [2.45, 2.75) is 25.4 Å². The van der Waals surface area contributed by atoms with Crippen LogP contribution in [0.1, 0.15) is 24.9 Å². The number of rotatable bonds is 12. The minimum atomic E-state index is -2.68. The van der Waals surface area contributed by atoms with E-state index in [2.05, 4.69) is 0 Å². The molecule has 0 amide bonds. The summed E-state index contributed by atoms with van der Waals surface area (Å²) in [5.74, 6) is 0.764. The van der Waals surface area contributed by atoms with Gasteiger partial charge in [-0.1, -0.05) is 0 Å². The molecule has 0 saturated heterocycles. The van der Waals surface area contributed by atoms with Gasteiger partial charge < -0.3 is 27.3 Å². The summed E-state index contributed by atoms with van der Waals surface area (Å²) in [6, 6.07) is 7.16. The second kappa shape index (κ2) is 10.4. The first-order valence-corrected chi connectivity index (χ1v) is 11.1. The van der Waals surface area contributed by atoms with E-state index in [1.165, 1.54) is 13.2 Å². The fourth-order valence-corrected chi connectivity index (χ4v) is 4.81. The molecule has 0 saturated carbocycles. The molecule has 0 spiro atoms. The second-order valence-electron chi connectivity index (χ2n) is 6.37. The molecule has 9 nitrogen and oxygen atoms in total. The van der Waals surface area contributed by atoms with E-state index in [1.807, 2.05) is 36.0 Å². The van der Waals surface area contributed by atoms with Crippen LogP contribution in [0.25, 0.3) is 0 Å². The Kier molecular flexibility index (Phi) is 8.20. The molecule has 0 aliphatic rings. The van der Waals surface area contributed by atoms with Crippen molar-refractivity contribution in [1.82, 2.24) is 4.57 Å². The van der Waals surface area contributed by atoms with Crippen molar-refractivity contribution in [2.75, 3.05) is 35.0 Å². The summed E-state index contributed by atoms with van der Waals surface area (Å²) < 4.78 is 29.3. The molecule has 0 aliphatic heterocycles. The smallest absolute Gasteiger partial charge is 0.493 e. The van der Waals surface area contributed by atoms with Crippen molar-refractivity contribution in [3.8, 4) is 11.5 Å². The topological polar surface area (TPSA) is 94.2 Å². The Morgan fingerprint density at radius 1 is 1.07 bits per heavy atom. The quantitative estimate of drug-likeness (QED) is 0.222. The Morgan fingerprint density at radius 2 is 1.69 bits per heavy atom. The fourth-order valence-electron chi connectivity index (χ4n) is 3.12. The lowest BCUT2D eigenvalue weighted by Gasteiger charge is -2.24. The molecule has 1 unspecified atom stereocenters. The van der Waals surface area contributed by atoms with Crippen molar-refractivity contribution < 1.29 is 27.7 Å². The number of nitro benzene ring substituents is 1. The highest BCUT2D eigenvalue weighted by Crippen LogP contribution is 2.38. The molecule has 0 radical (unpaired) electrons. The molecule has 29 heavy (non-hydrogen) atoms. The van der Waals surface area contributed by atoms with Gasteiger partial charge in [-0.25, -0.2) is 0 Å². The van der Waals surface area contributed by atoms with Gasteiger partial charge in [0.15, 0.2) is 11.5 Å². The summed E-state index contributed by atoms with van der Waals surface area (Å²) in [5.41, 5.74) is 0.524. The summed E-state index contributed by atoms with van der Waals surface area (Å²) in [6.45, 7) is 2.21. The van der Waals surface area contributed by atoms with Gasteiger partial charge >= 0.3 is 8.80 Å². The number of nitro groups is 1. The fraction of sp³-hybridized carbons (Fsp3) is 0.474. The zero-order valence-corrected chi connectivity index (χ0v) is 18.4. The molecule has 2 aromatic rings. The predicted octanol–water partition coefficient (Wildman–Crippen LogP) is 3.66. The van der Waals surface area contributed by atoms with E-state index >= 15 is 0 Å². The minimum absolute atomic E-state index is 0.0172. The largest absolute Gasteiger partial charge is 0.500 e. The number of nitrogens with zero attached hydrogens (tertiary/aromatic N) is 2. The lowest BCUT2D eigenvalue weighted by molar-refractivity contribution is -0.385. The molecule has 0 bridgehead atoms. The van der Waals surface area contributed by atoms with Crippen molar-refractivity contribution in [2.24, 2.45) is 0 Å². The molecule has 0 fully saturated rings. The maximum atomic E-state index is 11.7. The van der Waals surface area contributed by atoms with E-state index in [-0.39, 0.29) is 11.7 Å². The molecule has 1 heterocycles. The van der Waals surface area contributed by atoms with Gasteiger partial charge in [-0.2, -0.15) is 0 Å². The second-order valence-corrected chi connectivity index (χ2v) is 9.46. The van der Waals surface area contributed by atoms with Gasteiger partial charge in [-0.3, -0.25) is 10.1 Å². The standard InChI is InChI=1S/C19H28N2O7Si/c1-15(20-9-6-7-10-20)16-13-18(24-2)19(14-17(16)21(22)23)28-11-8-12-29(25-3,26-4)27-5/h6-7,9-10,13-15H,8,11-12H2,1-5H3. The Balaban J connectivity index is 2.20. The highest BCUT2D eigenvalue weighted by molar-refractivity contribution is 6.60. The number of aromatic nitrogens is 1. The van der Waals surface area contributed by atoms with Crippen LogP contribution in [0.2, 0.25) is 6.04 Å². The third kappa shape index (κ3) is 5.35. The van der Waals surface area contributed by atoms with Crippen LogP contribution in [0.15, 0.2) is 36.7 Å².